The zero-order chi connectivity index (χ0) is 16.2. The van der Waals surface area contributed by atoms with Crippen molar-refractivity contribution in [3.8, 4) is 11.5 Å². The number of ether oxygens (including phenoxy) is 2. The van der Waals surface area contributed by atoms with E-state index in [1.165, 1.54) is 0 Å². The number of benzene rings is 2. The fourth-order valence-electron chi connectivity index (χ4n) is 2.43. The molecule has 0 radical (unpaired) electrons. The first-order valence-corrected chi connectivity index (χ1v) is 7.97. The number of nitrogens with one attached hydrogen (secondary N) is 1. The lowest BCUT2D eigenvalue weighted by Gasteiger charge is -2.26. The lowest BCUT2D eigenvalue weighted by atomic mass is 10.0. The van der Waals surface area contributed by atoms with Crippen LogP contribution in [0.5, 0.6) is 11.5 Å². The molecule has 23 heavy (non-hydrogen) atoms. The lowest BCUT2D eigenvalue weighted by Crippen LogP contribution is -2.35. The van der Waals surface area contributed by atoms with Crippen LogP contribution in [0.2, 0.25) is 10.0 Å². The Morgan fingerprint density at radius 3 is 2.70 bits per heavy atom. The van der Waals surface area contributed by atoms with Crippen molar-refractivity contribution in [2.75, 3.05) is 13.2 Å². The summed E-state index contributed by atoms with van der Waals surface area (Å²) in [4.78, 5) is 12.1. The molecule has 4 nitrogen and oxygen atoms in total. The molecule has 3 rings (SSSR count). The molecule has 1 atom stereocenters. The minimum Gasteiger partial charge on any atom is -0.493 e. The molecule has 120 valence electrons. The first-order chi connectivity index (χ1) is 11.1. The van der Waals surface area contributed by atoms with Crippen LogP contribution in [0.4, 0.5) is 0 Å². The van der Waals surface area contributed by atoms with Gasteiger partial charge in [-0.25, -0.2) is 0 Å². The number of carbonyl (C=O) groups is 1. The predicted octanol–water partition coefficient (Wildman–Crippen LogP) is 4.01. The molecular weight excluding hydrogens is 337 g/mol. The van der Waals surface area contributed by atoms with Crippen molar-refractivity contribution >= 4 is 29.1 Å². The first kappa shape index (κ1) is 16.0. The van der Waals surface area contributed by atoms with Crippen LogP contribution in [0, 0.1) is 0 Å². The minimum absolute atomic E-state index is 0.0606. The molecule has 2 aromatic carbocycles. The summed E-state index contributed by atoms with van der Waals surface area (Å²) in [6, 6.07) is 12.2. The van der Waals surface area contributed by atoms with Crippen molar-refractivity contribution < 1.29 is 14.3 Å². The molecule has 0 saturated carbocycles. The van der Waals surface area contributed by atoms with Crippen LogP contribution in [0.3, 0.4) is 0 Å². The van der Waals surface area contributed by atoms with Crippen molar-refractivity contribution in [3.05, 3.63) is 58.1 Å². The van der Waals surface area contributed by atoms with Gasteiger partial charge in [-0.1, -0.05) is 23.2 Å². The number of rotatable bonds is 4. The van der Waals surface area contributed by atoms with Crippen LogP contribution in [-0.2, 0) is 4.79 Å². The van der Waals surface area contributed by atoms with Gasteiger partial charge in [0.05, 0.1) is 12.6 Å². The molecule has 1 unspecified atom stereocenters. The van der Waals surface area contributed by atoms with Gasteiger partial charge in [-0.3, -0.25) is 4.79 Å². The molecule has 1 aliphatic rings. The van der Waals surface area contributed by atoms with Crippen molar-refractivity contribution in [1.29, 1.82) is 0 Å². The molecule has 1 amide bonds. The van der Waals surface area contributed by atoms with E-state index < -0.39 is 0 Å². The van der Waals surface area contributed by atoms with Gasteiger partial charge in [0.2, 0.25) is 0 Å². The second kappa shape index (κ2) is 7.11. The summed E-state index contributed by atoms with van der Waals surface area (Å²) in [7, 11) is 0. The third-order valence-electron chi connectivity index (χ3n) is 3.53. The van der Waals surface area contributed by atoms with Gasteiger partial charge in [-0.2, -0.15) is 0 Å². The normalized spacial score (nSPS) is 16.2. The standard InChI is InChI=1S/C17H15Cl2NO3/c18-11-1-4-13(5-2-11)23-10-17(21)20-15-7-8-22-16-6-3-12(19)9-14(15)16/h1-6,9,15H,7-8,10H2,(H,20,21). The zero-order valence-electron chi connectivity index (χ0n) is 12.2. The number of carbonyl (C=O) groups excluding carboxylic acids is 1. The van der Waals surface area contributed by atoms with Gasteiger partial charge in [0, 0.05) is 22.0 Å². The van der Waals surface area contributed by atoms with E-state index in [0.29, 0.717) is 28.8 Å². The lowest BCUT2D eigenvalue weighted by molar-refractivity contribution is -0.124. The summed E-state index contributed by atoms with van der Waals surface area (Å²) in [5.74, 6) is 1.15. The third kappa shape index (κ3) is 4.09. The van der Waals surface area contributed by atoms with Crippen molar-refractivity contribution in [2.45, 2.75) is 12.5 Å². The molecule has 0 aliphatic carbocycles. The van der Waals surface area contributed by atoms with E-state index in [0.717, 1.165) is 11.3 Å². The molecule has 0 aromatic heterocycles. The molecule has 2 aromatic rings. The smallest absolute Gasteiger partial charge is 0.258 e. The third-order valence-corrected chi connectivity index (χ3v) is 4.02. The van der Waals surface area contributed by atoms with E-state index >= 15 is 0 Å². The summed E-state index contributed by atoms with van der Waals surface area (Å²) in [5.41, 5.74) is 0.892. The Kier molecular flexibility index (Phi) is 4.94. The number of hydrogen-bond donors (Lipinski definition) is 1. The molecule has 1 heterocycles. The van der Waals surface area contributed by atoms with E-state index in [4.69, 9.17) is 32.7 Å². The largest absolute Gasteiger partial charge is 0.493 e. The van der Waals surface area contributed by atoms with Crippen LogP contribution >= 0.6 is 23.2 Å². The molecule has 0 spiro atoms. The number of halogens is 2. The highest BCUT2D eigenvalue weighted by molar-refractivity contribution is 6.30. The second-order valence-corrected chi connectivity index (χ2v) is 6.05. The quantitative estimate of drug-likeness (QED) is 0.904. The van der Waals surface area contributed by atoms with Crippen LogP contribution in [0.1, 0.15) is 18.0 Å². The van der Waals surface area contributed by atoms with Gasteiger partial charge < -0.3 is 14.8 Å². The average molecular weight is 352 g/mol. The first-order valence-electron chi connectivity index (χ1n) is 7.22. The van der Waals surface area contributed by atoms with E-state index in [9.17, 15) is 4.79 Å². The Morgan fingerprint density at radius 2 is 1.91 bits per heavy atom. The fraction of sp³-hybridized carbons (Fsp3) is 0.235. The Labute approximate surface area is 144 Å². The van der Waals surface area contributed by atoms with Crippen molar-refractivity contribution in [2.24, 2.45) is 0 Å². The van der Waals surface area contributed by atoms with Crippen LogP contribution in [0.15, 0.2) is 42.5 Å². The van der Waals surface area contributed by atoms with Gasteiger partial charge in [-0.05, 0) is 42.5 Å². The molecule has 6 heteroatoms. The van der Waals surface area contributed by atoms with Crippen molar-refractivity contribution in [1.82, 2.24) is 5.32 Å². The Morgan fingerprint density at radius 1 is 1.17 bits per heavy atom. The molecule has 1 N–H and O–H groups in total. The summed E-state index contributed by atoms with van der Waals surface area (Å²) in [6.07, 6.45) is 0.694. The fourth-order valence-corrected chi connectivity index (χ4v) is 2.74. The monoisotopic (exact) mass is 351 g/mol. The number of fused-ring (bicyclic) bond motifs is 1. The van der Waals surface area contributed by atoms with Gasteiger partial charge >= 0.3 is 0 Å². The molecular formula is C17H15Cl2NO3. The molecule has 0 bridgehead atoms. The Bertz CT molecular complexity index is 703. The summed E-state index contributed by atoms with van der Waals surface area (Å²) < 4.78 is 11.0. The predicted molar refractivity (Wildman–Crippen MR) is 89.4 cm³/mol. The number of amides is 1. The van der Waals surface area contributed by atoms with Crippen LogP contribution < -0.4 is 14.8 Å². The maximum Gasteiger partial charge on any atom is 0.258 e. The minimum atomic E-state index is -0.197. The van der Waals surface area contributed by atoms with Crippen LogP contribution in [-0.4, -0.2) is 19.1 Å². The van der Waals surface area contributed by atoms with Gasteiger partial charge in [0.15, 0.2) is 6.61 Å². The SMILES string of the molecule is O=C(COc1ccc(Cl)cc1)NC1CCOc2ccc(Cl)cc21. The van der Waals surface area contributed by atoms with E-state index in [1.54, 1.807) is 30.3 Å². The summed E-state index contributed by atoms with van der Waals surface area (Å²) >= 11 is 11.8. The maximum atomic E-state index is 12.1. The summed E-state index contributed by atoms with van der Waals surface area (Å²) in [5, 5.41) is 4.19. The van der Waals surface area contributed by atoms with Gasteiger partial charge in [0.1, 0.15) is 11.5 Å². The van der Waals surface area contributed by atoms with Gasteiger partial charge in [-0.15, -0.1) is 0 Å². The number of hydrogen-bond acceptors (Lipinski definition) is 3. The Hall–Kier alpha value is -1.91. The van der Waals surface area contributed by atoms with Crippen molar-refractivity contribution in [3.63, 3.8) is 0 Å². The van der Waals surface area contributed by atoms with E-state index in [-0.39, 0.29) is 18.6 Å². The highest BCUT2D eigenvalue weighted by atomic mass is 35.5. The van der Waals surface area contributed by atoms with Gasteiger partial charge in [0.25, 0.3) is 5.91 Å². The highest BCUT2D eigenvalue weighted by Crippen LogP contribution is 2.33. The maximum absolute atomic E-state index is 12.1. The highest BCUT2D eigenvalue weighted by Gasteiger charge is 2.23. The molecule has 0 fully saturated rings. The Balaban J connectivity index is 1.60. The molecule has 0 saturated heterocycles. The van der Waals surface area contributed by atoms with E-state index in [2.05, 4.69) is 5.32 Å². The topological polar surface area (TPSA) is 47.6 Å². The molecule has 1 aliphatic heterocycles. The average Bonchev–Trinajstić information content (AvgIpc) is 2.55. The van der Waals surface area contributed by atoms with Crippen LogP contribution in [0.25, 0.3) is 0 Å². The van der Waals surface area contributed by atoms with E-state index in [1.807, 2.05) is 12.1 Å². The zero-order valence-corrected chi connectivity index (χ0v) is 13.7. The second-order valence-electron chi connectivity index (χ2n) is 5.18. The summed E-state index contributed by atoms with van der Waals surface area (Å²) in [6.45, 7) is 0.493.